The molecule has 0 spiro atoms. The molecule has 0 atom stereocenters. The zero-order valence-corrected chi connectivity index (χ0v) is 13.7. The van der Waals surface area contributed by atoms with Crippen LogP contribution in [0.4, 0.5) is 4.39 Å². The average Bonchev–Trinajstić information content (AvgIpc) is 2.52. The predicted molar refractivity (Wildman–Crippen MR) is 84.7 cm³/mol. The molecule has 24 heavy (non-hydrogen) atoms. The highest BCUT2D eigenvalue weighted by atomic mass is 32.2. The van der Waals surface area contributed by atoms with Gasteiger partial charge in [0.2, 0.25) is 10.0 Å². The van der Waals surface area contributed by atoms with Crippen molar-refractivity contribution in [1.82, 2.24) is 0 Å². The molecule has 128 valence electrons. The van der Waals surface area contributed by atoms with Gasteiger partial charge in [-0.1, -0.05) is 6.07 Å². The van der Waals surface area contributed by atoms with Gasteiger partial charge in [0.05, 0.1) is 10.5 Å². The van der Waals surface area contributed by atoms with Gasteiger partial charge in [-0.25, -0.2) is 22.7 Å². The third-order valence-electron chi connectivity index (χ3n) is 3.16. The Kier molecular flexibility index (Phi) is 5.53. The van der Waals surface area contributed by atoms with Gasteiger partial charge in [-0.3, -0.25) is 0 Å². The second kappa shape index (κ2) is 7.41. The summed E-state index contributed by atoms with van der Waals surface area (Å²) in [5, 5.41) is 5.05. The van der Waals surface area contributed by atoms with Gasteiger partial charge in [0.15, 0.2) is 0 Å². The molecule has 2 aromatic rings. The third kappa shape index (κ3) is 4.77. The SMILES string of the molecule is Cc1ccc(S(N)(=O)=O)cc1C(=O)OCCOc1ccc(F)cc1. The highest BCUT2D eigenvalue weighted by Gasteiger charge is 2.15. The maximum Gasteiger partial charge on any atom is 0.338 e. The van der Waals surface area contributed by atoms with E-state index >= 15 is 0 Å². The third-order valence-corrected chi connectivity index (χ3v) is 4.07. The van der Waals surface area contributed by atoms with Crippen LogP contribution in [0.25, 0.3) is 0 Å². The van der Waals surface area contributed by atoms with Gasteiger partial charge in [0.25, 0.3) is 0 Å². The van der Waals surface area contributed by atoms with Gasteiger partial charge in [-0.2, -0.15) is 0 Å². The summed E-state index contributed by atoms with van der Waals surface area (Å²) in [7, 11) is -3.90. The fourth-order valence-corrected chi connectivity index (χ4v) is 2.44. The lowest BCUT2D eigenvalue weighted by Crippen LogP contribution is -2.16. The van der Waals surface area contributed by atoms with Crippen LogP contribution in [-0.4, -0.2) is 27.6 Å². The van der Waals surface area contributed by atoms with E-state index in [9.17, 15) is 17.6 Å². The number of benzene rings is 2. The van der Waals surface area contributed by atoms with Crippen molar-refractivity contribution in [3.8, 4) is 5.75 Å². The van der Waals surface area contributed by atoms with Crippen molar-refractivity contribution in [3.05, 3.63) is 59.4 Å². The van der Waals surface area contributed by atoms with Gasteiger partial charge in [0.1, 0.15) is 24.8 Å². The van der Waals surface area contributed by atoms with Crippen LogP contribution in [0.3, 0.4) is 0 Å². The zero-order chi connectivity index (χ0) is 17.7. The first-order valence-electron chi connectivity index (χ1n) is 6.96. The molecule has 0 saturated heterocycles. The highest BCUT2D eigenvalue weighted by Crippen LogP contribution is 2.16. The molecule has 6 nitrogen and oxygen atoms in total. The summed E-state index contributed by atoms with van der Waals surface area (Å²) in [5.41, 5.74) is 0.676. The fourth-order valence-electron chi connectivity index (χ4n) is 1.90. The Morgan fingerprint density at radius 3 is 2.42 bits per heavy atom. The van der Waals surface area contributed by atoms with Crippen molar-refractivity contribution in [3.63, 3.8) is 0 Å². The van der Waals surface area contributed by atoms with Gasteiger partial charge < -0.3 is 9.47 Å². The van der Waals surface area contributed by atoms with E-state index in [1.165, 1.54) is 42.5 Å². The van der Waals surface area contributed by atoms with E-state index in [0.29, 0.717) is 11.3 Å². The molecule has 2 N–H and O–H groups in total. The van der Waals surface area contributed by atoms with Crippen LogP contribution in [0.15, 0.2) is 47.4 Å². The molecule has 0 aromatic heterocycles. The number of hydrogen-bond donors (Lipinski definition) is 1. The van der Waals surface area contributed by atoms with Crippen LogP contribution in [0.2, 0.25) is 0 Å². The van der Waals surface area contributed by atoms with E-state index < -0.39 is 16.0 Å². The first kappa shape index (κ1) is 17.9. The van der Waals surface area contributed by atoms with E-state index in [1.54, 1.807) is 6.92 Å². The molecule has 0 amide bonds. The summed E-state index contributed by atoms with van der Waals surface area (Å²) in [5.74, 6) is -0.612. The lowest BCUT2D eigenvalue weighted by Gasteiger charge is -2.09. The standard InChI is InChI=1S/C16H16FNO5S/c1-11-2-7-14(24(18,20)21)10-15(11)16(19)23-9-8-22-13-5-3-12(17)4-6-13/h2-7,10H,8-9H2,1H3,(H2,18,20,21). The monoisotopic (exact) mass is 353 g/mol. The van der Waals surface area contributed by atoms with Crippen LogP contribution in [0, 0.1) is 12.7 Å². The Labute approximate surface area is 139 Å². The number of ether oxygens (including phenoxy) is 2. The van der Waals surface area contributed by atoms with E-state index in [4.69, 9.17) is 14.6 Å². The van der Waals surface area contributed by atoms with Crippen LogP contribution in [0.1, 0.15) is 15.9 Å². The van der Waals surface area contributed by atoms with Gasteiger partial charge in [-0.15, -0.1) is 0 Å². The van der Waals surface area contributed by atoms with E-state index in [-0.39, 0.29) is 29.5 Å². The van der Waals surface area contributed by atoms with E-state index in [0.717, 1.165) is 0 Å². The first-order valence-corrected chi connectivity index (χ1v) is 8.51. The van der Waals surface area contributed by atoms with Crippen LogP contribution in [0.5, 0.6) is 5.75 Å². The summed E-state index contributed by atoms with van der Waals surface area (Å²) in [6.07, 6.45) is 0. The Bertz CT molecular complexity index is 834. The molecule has 2 rings (SSSR count). The number of esters is 1. The van der Waals surface area contributed by atoms with Crippen molar-refractivity contribution in [2.75, 3.05) is 13.2 Å². The molecule has 8 heteroatoms. The summed E-state index contributed by atoms with van der Waals surface area (Å²) >= 11 is 0. The fraction of sp³-hybridized carbons (Fsp3) is 0.188. The molecule has 0 aliphatic heterocycles. The summed E-state index contributed by atoms with van der Waals surface area (Å²) < 4.78 is 45.8. The molecule has 0 fully saturated rings. The lowest BCUT2D eigenvalue weighted by atomic mass is 10.1. The Hall–Kier alpha value is -2.45. The number of carbonyl (C=O) groups is 1. The quantitative estimate of drug-likeness (QED) is 0.633. The lowest BCUT2D eigenvalue weighted by molar-refractivity contribution is 0.0449. The number of halogens is 1. The van der Waals surface area contributed by atoms with E-state index in [2.05, 4.69) is 0 Å². The van der Waals surface area contributed by atoms with Gasteiger partial charge >= 0.3 is 5.97 Å². The second-order valence-corrected chi connectivity index (χ2v) is 6.52. The molecule has 0 aliphatic carbocycles. The van der Waals surface area contributed by atoms with Crippen molar-refractivity contribution in [2.45, 2.75) is 11.8 Å². The highest BCUT2D eigenvalue weighted by molar-refractivity contribution is 7.89. The molecule has 2 aromatic carbocycles. The molecule has 0 unspecified atom stereocenters. The van der Waals surface area contributed by atoms with E-state index in [1.807, 2.05) is 0 Å². The van der Waals surface area contributed by atoms with Crippen LogP contribution in [-0.2, 0) is 14.8 Å². The minimum absolute atomic E-state index is 0.0464. The molecule has 0 bridgehead atoms. The first-order chi connectivity index (χ1) is 11.3. The largest absolute Gasteiger partial charge is 0.490 e. The van der Waals surface area contributed by atoms with Crippen molar-refractivity contribution in [2.24, 2.45) is 5.14 Å². The Morgan fingerprint density at radius 1 is 1.12 bits per heavy atom. The number of carbonyl (C=O) groups excluding carboxylic acids is 1. The molecule has 0 heterocycles. The maximum atomic E-state index is 12.7. The number of rotatable bonds is 6. The number of nitrogens with two attached hydrogens (primary N) is 1. The Balaban J connectivity index is 1.94. The number of aryl methyl sites for hydroxylation is 1. The number of sulfonamides is 1. The summed E-state index contributed by atoms with van der Waals surface area (Å²) in [6, 6.07) is 9.39. The van der Waals surface area contributed by atoms with Gasteiger partial charge in [0, 0.05) is 0 Å². The molecule has 0 radical (unpaired) electrons. The average molecular weight is 353 g/mol. The minimum Gasteiger partial charge on any atom is -0.490 e. The summed E-state index contributed by atoms with van der Waals surface area (Å²) in [4.78, 5) is 11.9. The van der Waals surface area contributed by atoms with Crippen molar-refractivity contribution >= 4 is 16.0 Å². The molecule has 0 aliphatic rings. The Morgan fingerprint density at radius 2 is 1.79 bits per heavy atom. The van der Waals surface area contributed by atoms with Crippen molar-refractivity contribution < 1.29 is 27.1 Å². The normalized spacial score (nSPS) is 11.1. The van der Waals surface area contributed by atoms with Crippen LogP contribution >= 0.6 is 0 Å². The number of hydrogen-bond acceptors (Lipinski definition) is 5. The van der Waals surface area contributed by atoms with Crippen LogP contribution < -0.4 is 9.88 Å². The maximum absolute atomic E-state index is 12.7. The number of primary sulfonamides is 1. The topological polar surface area (TPSA) is 95.7 Å². The zero-order valence-electron chi connectivity index (χ0n) is 12.9. The molecular weight excluding hydrogens is 337 g/mol. The second-order valence-electron chi connectivity index (χ2n) is 4.96. The minimum atomic E-state index is -3.90. The summed E-state index contributed by atoms with van der Waals surface area (Å²) in [6.45, 7) is 1.68. The van der Waals surface area contributed by atoms with Crippen molar-refractivity contribution in [1.29, 1.82) is 0 Å². The molecule has 0 saturated carbocycles. The predicted octanol–water partition coefficient (Wildman–Crippen LogP) is 2.02. The molecular formula is C16H16FNO5S. The van der Waals surface area contributed by atoms with Gasteiger partial charge in [-0.05, 0) is 48.9 Å². The smallest absolute Gasteiger partial charge is 0.338 e.